The lowest BCUT2D eigenvalue weighted by atomic mass is 9.72. The Kier molecular flexibility index (Phi) is 7.46. The van der Waals surface area contributed by atoms with Gasteiger partial charge in [-0.15, -0.1) is 0 Å². The molecule has 0 radical (unpaired) electrons. The standard InChI is InChI=1S/C27H28BrNO4/c1-3-32-12-13-33-27(31)24-17(2)29-22-15-20(18-8-5-4-6-9-18)16-23(30)26(22)25(24)19-10-7-11-21(28)14-19/h4-11,14,20,25,29H,3,12-13,15-16H2,1-2H3. The summed E-state index contributed by atoms with van der Waals surface area (Å²) in [6, 6.07) is 17.9. The summed E-state index contributed by atoms with van der Waals surface area (Å²) in [6.07, 6.45) is 1.14. The van der Waals surface area contributed by atoms with Gasteiger partial charge in [-0.2, -0.15) is 0 Å². The van der Waals surface area contributed by atoms with Gasteiger partial charge in [-0.25, -0.2) is 4.79 Å². The molecule has 2 aliphatic rings. The van der Waals surface area contributed by atoms with E-state index in [1.165, 1.54) is 0 Å². The molecule has 4 rings (SSSR count). The zero-order chi connectivity index (χ0) is 23.4. The summed E-state index contributed by atoms with van der Waals surface area (Å²) in [6.45, 7) is 4.85. The predicted octanol–water partition coefficient (Wildman–Crippen LogP) is 5.39. The van der Waals surface area contributed by atoms with Gasteiger partial charge in [0, 0.05) is 40.4 Å². The smallest absolute Gasteiger partial charge is 0.336 e. The van der Waals surface area contributed by atoms with E-state index >= 15 is 0 Å². The molecule has 0 aromatic heterocycles. The number of rotatable bonds is 7. The molecule has 0 fully saturated rings. The number of allylic oxidation sites excluding steroid dienone is 3. The van der Waals surface area contributed by atoms with E-state index in [4.69, 9.17) is 9.47 Å². The zero-order valence-electron chi connectivity index (χ0n) is 18.9. The molecule has 2 aromatic carbocycles. The van der Waals surface area contributed by atoms with E-state index in [2.05, 4.69) is 33.4 Å². The minimum atomic E-state index is -0.470. The Bertz CT molecular complexity index is 1110. The molecule has 5 nitrogen and oxygen atoms in total. The van der Waals surface area contributed by atoms with Gasteiger partial charge >= 0.3 is 5.97 Å². The predicted molar refractivity (Wildman–Crippen MR) is 131 cm³/mol. The number of benzene rings is 2. The first-order valence-electron chi connectivity index (χ1n) is 11.3. The second kappa shape index (κ2) is 10.5. The first-order chi connectivity index (χ1) is 16.0. The van der Waals surface area contributed by atoms with Gasteiger partial charge in [0.2, 0.25) is 0 Å². The van der Waals surface area contributed by atoms with Gasteiger partial charge in [0.15, 0.2) is 5.78 Å². The van der Waals surface area contributed by atoms with Crippen LogP contribution in [0.3, 0.4) is 0 Å². The molecule has 1 heterocycles. The summed E-state index contributed by atoms with van der Waals surface area (Å²) < 4.78 is 11.7. The molecule has 2 unspecified atom stereocenters. The van der Waals surface area contributed by atoms with Crippen LogP contribution in [0.2, 0.25) is 0 Å². The fourth-order valence-electron chi connectivity index (χ4n) is 4.71. The molecule has 0 saturated carbocycles. The Labute approximate surface area is 203 Å². The molecule has 1 N–H and O–H groups in total. The number of halogens is 1. The SMILES string of the molecule is CCOCCOC(=O)C1=C(C)NC2=C(C(=O)CC(c3ccccc3)C2)C1c1cccc(Br)c1. The van der Waals surface area contributed by atoms with Crippen LogP contribution >= 0.6 is 15.9 Å². The first kappa shape index (κ1) is 23.5. The van der Waals surface area contributed by atoms with Crippen molar-refractivity contribution in [3.8, 4) is 0 Å². The Morgan fingerprint density at radius 2 is 1.82 bits per heavy atom. The van der Waals surface area contributed by atoms with Crippen molar-refractivity contribution in [1.82, 2.24) is 5.32 Å². The first-order valence-corrected chi connectivity index (χ1v) is 12.1. The van der Waals surface area contributed by atoms with Crippen LogP contribution in [0, 0.1) is 0 Å². The van der Waals surface area contributed by atoms with E-state index in [1.54, 1.807) is 0 Å². The van der Waals surface area contributed by atoms with Crippen molar-refractivity contribution >= 4 is 27.7 Å². The number of dihydropyridines is 1. The van der Waals surface area contributed by atoms with Crippen LogP contribution in [0.25, 0.3) is 0 Å². The van der Waals surface area contributed by atoms with E-state index in [-0.39, 0.29) is 18.3 Å². The summed E-state index contributed by atoms with van der Waals surface area (Å²) in [4.78, 5) is 26.7. The number of hydrogen-bond donors (Lipinski definition) is 1. The minimum absolute atomic E-state index is 0.0645. The highest BCUT2D eigenvalue weighted by Crippen LogP contribution is 2.46. The number of Topliss-reactive ketones (excluding diaryl/α,β-unsaturated/α-hetero) is 1. The maximum atomic E-state index is 13.6. The van der Waals surface area contributed by atoms with E-state index in [9.17, 15) is 9.59 Å². The Hall–Kier alpha value is -2.70. The topological polar surface area (TPSA) is 64.6 Å². The van der Waals surface area contributed by atoms with Crippen LogP contribution in [0.15, 0.2) is 81.6 Å². The van der Waals surface area contributed by atoms with Crippen LogP contribution in [0.1, 0.15) is 49.7 Å². The van der Waals surface area contributed by atoms with E-state index in [0.29, 0.717) is 30.8 Å². The number of nitrogens with one attached hydrogen (secondary N) is 1. The summed E-state index contributed by atoms with van der Waals surface area (Å²) in [5.74, 6) is -0.716. The number of carbonyl (C=O) groups is 2. The molecular weight excluding hydrogens is 482 g/mol. The van der Waals surface area contributed by atoms with Gasteiger partial charge < -0.3 is 14.8 Å². The highest BCUT2D eigenvalue weighted by atomic mass is 79.9. The van der Waals surface area contributed by atoms with E-state index in [1.807, 2.05) is 56.3 Å². The lowest BCUT2D eigenvalue weighted by Crippen LogP contribution is -2.36. The molecule has 2 aromatic rings. The number of esters is 1. The second-order valence-electron chi connectivity index (χ2n) is 8.32. The van der Waals surface area contributed by atoms with Crippen molar-refractivity contribution in [2.75, 3.05) is 19.8 Å². The molecule has 6 heteroatoms. The Morgan fingerprint density at radius 3 is 2.55 bits per heavy atom. The van der Waals surface area contributed by atoms with Crippen molar-refractivity contribution in [3.05, 3.63) is 92.7 Å². The van der Waals surface area contributed by atoms with Crippen molar-refractivity contribution in [2.24, 2.45) is 0 Å². The normalized spacial score (nSPS) is 20.4. The molecule has 0 saturated heterocycles. The van der Waals surface area contributed by atoms with Gasteiger partial charge in [0.1, 0.15) is 6.61 Å². The van der Waals surface area contributed by atoms with Crippen LogP contribution < -0.4 is 5.32 Å². The lowest BCUT2D eigenvalue weighted by Gasteiger charge is -2.36. The summed E-state index contributed by atoms with van der Waals surface area (Å²) in [7, 11) is 0. The molecule has 1 aliphatic carbocycles. The largest absolute Gasteiger partial charge is 0.460 e. The van der Waals surface area contributed by atoms with Gasteiger partial charge in [-0.3, -0.25) is 4.79 Å². The van der Waals surface area contributed by atoms with E-state index in [0.717, 1.165) is 33.4 Å². The van der Waals surface area contributed by atoms with Gasteiger partial charge in [0.05, 0.1) is 12.2 Å². The third-order valence-corrected chi connectivity index (χ3v) is 6.66. The van der Waals surface area contributed by atoms with Crippen LogP contribution in [0.4, 0.5) is 0 Å². The molecule has 0 amide bonds. The summed E-state index contributed by atoms with van der Waals surface area (Å²) in [5.41, 5.74) is 4.81. The summed E-state index contributed by atoms with van der Waals surface area (Å²) >= 11 is 3.54. The van der Waals surface area contributed by atoms with Gasteiger partial charge in [-0.05, 0) is 49.4 Å². The summed E-state index contributed by atoms with van der Waals surface area (Å²) in [5, 5.41) is 3.39. The van der Waals surface area contributed by atoms with Crippen LogP contribution in [-0.2, 0) is 19.1 Å². The molecule has 33 heavy (non-hydrogen) atoms. The van der Waals surface area contributed by atoms with E-state index < -0.39 is 11.9 Å². The van der Waals surface area contributed by atoms with Crippen LogP contribution in [0.5, 0.6) is 0 Å². The number of carbonyl (C=O) groups excluding carboxylic acids is 2. The van der Waals surface area contributed by atoms with Gasteiger partial charge in [-0.1, -0.05) is 58.4 Å². The third-order valence-electron chi connectivity index (χ3n) is 6.17. The number of ketones is 1. The average molecular weight is 510 g/mol. The third kappa shape index (κ3) is 5.12. The quantitative estimate of drug-likeness (QED) is 0.400. The number of ether oxygens (including phenoxy) is 2. The highest BCUT2D eigenvalue weighted by molar-refractivity contribution is 9.10. The average Bonchev–Trinajstić information content (AvgIpc) is 2.81. The van der Waals surface area contributed by atoms with Crippen molar-refractivity contribution in [1.29, 1.82) is 0 Å². The fourth-order valence-corrected chi connectivity index (χ4v) is 5.12. The molecule has 0 bridgehead atoms. The van der Waals surface area contributed by atoms with Crippen molar-refractivity contribution in [3.63, 3.8) is 0 Å². The molecule has 0 spiro atoms. The van der Waals surface area contributed by atoms with Gasteiger partial charge in [0.25, 0.3) is 0 Å². The second-order valence-corrected chi connectivity index (χ2v) is 9.23. The maximum absolute atomic E-state index is 13.6. The number of hydrogen-bond acceptors (Lipinski definition) is 5. The molecular formula is C27H28BrNO4. The monoisotopic (exact) mass is 509 g/mol. The zero-order valence-corrected chi connectivity index (χ0v) is 20.5. The van der Waals surface area contributed by atoms with Crippen molar-refractivity contribution in [2.45, 2.75) is 38.5 Å². The highest BCUT2D eigenvalue weighted by Gasteiger charge is 2.41. The minimum Gasteiger partial charge on any atom is -0.460 e. The maximum Gasteiger partial charge on any atom is 0.336 e. The molecule has 2 atom stereocenters. The van der Waals surface area contributed by atoms with Crippen LogP contribution in [-0.4, -0.2) is 31.6 Å². The Balaban J connectivity index is 1.72. The lowest BCUT2D eigenvalue weighted by molar-refractivity contribution is -0.140. The molecule has 1 aliphatic heterocycles. The Morgan fingerprint density at radius 1 is 1.06 bits per heavy atom. The fraction of sp³-hybridized carbons (Fsp3) is 0.333. The molecule has 172 valence electrons. The van der Waals surface area contributed by atoms with Crippen molar-refractivity contribution < 1.29 is 19.1 Å².